The molecule has 0 bridgehead atoms. The molecule has 1 heteroatoms. The summed E-state index contributed by atoms with van der Waals surface area (Å²) in [6, 6.07) is 0. The van der Waals surface area contributed by atoms with Gasteiger partial charge in [-0.05, 0) is 11.8 Å². The molecule has 0 heterocycles. The zero-order valence-corrected chi connectivity index (χ0v) is 8.40. The molecule has 1 atom stereocenters. The normalized spacial score (nSPS) is 22.4. The third kappa shape index (κ3) is 3.68. The van der Waals surface area contributed by atoms with Crippen LogP contribution in [0.1, 0.15) is 53.8 Å². The van der Waals surface area contributed by atoms with E-state index in [9.17, 15) is 0 Å². The fraction of sp³-hybridized carbons (Fsp3) is 1.00. The van der Waals surface area contributed by atoms with Crippen molar-refractivity contribution in [3.05, 3.63) is 0 Å². The summed E-state index contributed by atoms with van der Waals surface area (Å²) in [6.45, 7) is 4.73. The van der Waals surface area contributed by atoms with Gasteiger partial charge in [-0.1, -0.05) is 52.4 Å². The van der Waals surface area contributed by atoms with Crippen LogP contribution in [0.5, 0.6) is 0 Å². The minimum atomic E-state index is 0. The molecule has 62 valence electrons. The Balaban J connectivity index is 0. The predicted octanol–water partition coefficient (Wildman–Crippen LogP) is 0.729. The molecule has 1 saturated carbocycles. The Morgan fingerprint density at radius 1 is 1.27 bits per heavy atom. The second-order valence-corrected chi connectivity index (χ2v) is 3.78. The fourth-order valence-electron chi connectivity index (χ4n) is 2.04. The van der Waals surface area contributed by atoms with Gasteiger partial charge in [-0.15, -0.1) is 0 Å². The van der Waals surface area contributed by atoms with E-state index >= 15 is 0 Å². The molecule has 0 spiro atoms. The maximum Gasteiger partial charge on any atom is 1.00 e. The zero-order valence-electron chi connectivity index (χ0n) is 9.40. The molecule has 0 aliphatic heterocycles. The van der Waals surface area contributed by atoms with Crippen LogP contribution in [-0.2, 0) is 0 Å². The molecule has 1 rings (SSSR count). The Bertz CT molecular complexity index is 89.8. The first-order valence-corrected chi connectivity index (χ1v) is 4.84. The fourth-order valence-corrected chi connectivity index (χ4v) is 2.04. The van der Waals surface area contributed by atoms with Gasteiger partial charge in [0.15, 0.2) is 0 Å². The molecule has 11 heavy (non-hydrogen) atoms. The third-order valence-corrected chi connectivity index (χ3v) is 3.10. The van der Waals surface area contributed by atoms with Crippen molar-refractivity contribution in [1.29, 1.82) is 0 Å². The van der Waals surface area contributed by atoms with Gasteiger partial charge in [0.25, 0.3) is 0 Å². The van der Waals surface area contributed by atoms with E-state index in [4.69, 9.17) is 0 Å². The van der Waals surface area contributed by atoms with Gasteiger partial charge in [-0.25, -0.2) is 0 Å². The van der Waals surface area contributed by atoms with Crippen molar-refractivity contribution in [2.24, 2.45) is 11.8 Å². The Morgan fingerprint density at radius 2 is 1.82 bits per heavy atom. The zero-order chi connectivity index (χ0) is 7.40. The third-order valence-electron chi connectivity index (χ3n) is 3.10. The van der Waals surface area contributed by atoms with E-state index < -0.39 is 0 Å². The van der Waals surface area contributed by atoms with Crippen LogP contribution in [-0.4, -0.2) is 0 Å². The van der Waals surface area contributed by atoms with Crippen LogP contribution in [0, 0.1) is 11.8 Å². The van der Waals surface area contributed by atoms with Gasteiger partial charge in [0, 0.05) is 0 Å². The maximum atomic E-state index is 2.41. The molecule has 0 saturated heterocycles. The van der Waals surface area contributed by atoms with Crippen molar-refractivity contribution in [1.82, 2.24) is 0 Å². The Hall–Kier alpha value is 0.597. The second kappa shape index (κ2) is 6.15. The summed E-state index contributed by atoms with van der Waals surface area (Å²) in [4.78, 5) is 0. The molecule has 1 aliphatic carbocycles. The SMILES string of the molecule is CCC(C)C1CCCCC1.[H-].[Li+]. The van der Waals surface area contributed by atoms with Gasteiger partial charge in [0.2, 0.25) is 0 Å². The van der Waals surface area contributed by atoms with Gasteiger partial charge in [0.1, 0.15) is 0 Å². The summed E-state index contributed by atoms with van der Waals surface area (Å²) >= 11 is 0. The summed E-state index contributed by atoms with van der Waals surface area (Å²) in [5, 5.41) is 0. The van der Waals surface area contributed by atoms with E-state index in [1.165, 1.54) is 38.5 Å². The first-order chi connectivity index (χ1) is 4.84. The molecule has 0 amide bonds. The molecular weight excluding hydrogens is 127 g/mol. The van der Waals surface area contributed by atoms with Gasteiger partial charge >= 0.3 is 18.9 Å². The first kappa shape index (κ1) is 11.6. The Labute approximate surface area is 84.8 Å². The predicted molar refractivity (Wildman–Crippen MR) is 47.1 cm³/mol. The van der Waals surface area contributed by atoms with Crippen molar-refractivity contribution in [3.63, 3.8) is 0 Å². The largest absolute Gasteiger partial charge is 1.00 e. The van der Waals surface area contributed by atoms with E-state index in [-0.39, 0.29) is 20.3 Å². The summed E-state index contributed by atoms with van der Waals surface area (Å²) in [6.07, 6.45) is 8.88. The Morgan fingerprint density at radius 3 is 2.27 bits per heavy atom. The van der Waals surface area contributed by atoms with Crippen LogP contribution in [0.25, 0.3) is 0 Å². The summed E-state index contributed by atoms with van der Waals surface area (Å²) in [5.74, 6) is 2.05. The molecule has 1 unspecified atom stereocenters. The van der Waals surface area contributed by atoms with E-state index in [1.807, 2.05) is 0 Å². The van der Waals surface area contributed by atoms with Crippen molar-refractivity contribution >= 4 is 0 Å². The summed E-state index contributed by atoms with van der Waals surface area (Å²) in [5.41, 5.74) is 0. The number of hydrogen-bond acceptors (Lipinski definition) is 0. The molecule has 0 aromatic carbocycles. The van der Waals surface area contributed by atoms with E-state index in [1.54, 1.807) is 0 Å². The quantitative estimate of drug-likeness (QED) is 0.506. The minimum absolute atomic E-state index is 0. The van der Waals surface area contributed by atoms with E-state index in [0.717, 1.165) is 11.8 Å². The molecule has 0 aromatic heterocycles. The molecule has 0 aromatic rings. The van der Waals surface area contributed by atoms with Gasteiger partial charge in [0.05, 0.1) is 0 Å². The molecule has 1 fully saturated rings. The molecule has 0 N–H and O–H groups in total. The standard InChI is InChI=1S/C10H20.Li.H/c1-3-9(2)10-7-5-4-6-8-10;;/h9-10H,3-8H2,1-2H3;;/q;+1;-1. The van der Waals surface area contributed by atoms with Crippen LogP contribution >= 0.6 is 0 Å². The molecule has 1 aliphatic rings. The molecule has 0 radical (unpaired) electrons. The van der Waals surface area contributed by atoms with Crippen molar-refractivity contribution in [3.8, 4) is 0 Å². The molecule has 0 nitrogen and oxygen atoms in total. The van der Waals surface area contributed by atoms with Crippen molar-refractivity contribution < 1.29 is 20.3 Å². The van der Waals surface area contributed by atoms with Crippen LogP contribution < -0.4 is 18.9 Å². The number of rotatable bonds is 2. The summed E-state index contributed by atoms with van der Waals surface area (Å²) in [7, 11) is 0. The van der Waals surface area contributed by atoms with Gasteiger partial charge < -0.3 is 1.43 Å². The van der Waals surface area contributed by atoms with Crippen LogP contribution in [0.2, 0.25) is 0 Å². The summed E-state index contributed by atoms with van der Waals surface area (Å²) < 4.78 is 0. The topological polar surface area (TPSA) is 0 Å². The van der Waals surface area contributed by atoms with Crippen molar-refractivity contribution in [2.75, 3.05) is 0 Å². The molecular formula is C10H21Li. The van der Waals surface area contributed by atoms with E-state index in [0.29, 0.717) is 0 Å². The van der Waals surface area contributed by atoms with Crippen LogP contribution in [0.3, 0.4) is 0 Å². The minimum Gasteiger partial charge on any atom is -1.00 e. The number of hydrogen-bond donors (Lipinski definition) is 0. The van der Waals surface area contributed by atoms with Crippen LogP contribution in [0.15, 0.2) is 0 Å². The monoisotopic (exact) mass is 148 g/mol. The van der Waals surface area contributed by atoms with E-state index in [2.05, 4.69) is 13.8 Å². The van der Waals surface area contributed by atoms with Gasteiger partial charge in [-0.3, -0.25) is 0 Å². The average molecular weight is 148 g/mol. The maximum absolute atomic E-state index is 2.41. The Kier molecular flexibility index (Phi) is 6.49. The van der Waals surface area contributed by atoms with Gasteiger partial charge in [-0.2, -0.15) is 0 Å². The second-order valence-electron chi connectivity index (χ2n) is 3.78. The van der Waals surface area contributed by atoms with Crippen LogP contribution in [0.4, 0.5) is 0 Å². The first-order valence-electron chi connectivity index (χ1n) is 4.84. The smallest absolute Gasteiger partial charge is 1.00 e. The average Bonchev–Trinajstić information content (AvgIpc) is 2.05. The van der Waals surface area contributed by atoms with Crippen molar-refractivity contribution in [2.45, 2.75) is 52.4 Å².